The molecule has 0 amide bonds. The summed E-state index contributed by atoms with van der Waals surface area (Å²) in [6.45, 7) is 2.95. The normalized spacial score (nSPS) is 16.6. The Kier molecular flexibility index (Phi) is 3.43. The third-order valence-corrected chi connectivity index (χ3v) is 2.67. The molecule has 1 fully saturated rings. The Balaban J connectivity index is 1.97. The summed E-state index contributed by atoms with van der Waals surface area (Å²) < 4.78 is 5.81. The number of rotatable bonds is 4. The largest absolute Gasteiger partial charge is 0.474 e. The highest BCUT2D eigenvalue weighted by atomic mass is 16.5. The summed E-state index contributed by atoms with van der Waals surface area (Å²) >= 11 is 0. The number of nitrogens with one attached hydrogen (secondary N) is 1. The summed E-state index contributed by atoms with van der Waals surface area (Å²) in [7, 11) is 0. The monoisotopic (exact) mass is 206 g/mol. The Labute approximate surface area is 90.9 Å². The van der Waals surface area contributed by atoms with Crippen molar-refractivity contribution < 1.29 is 4.74 Å². The van der Waals surface area contributed by atoms with E-state index in [0.29, 0.717) is 6.10 Å². The topological polar surface area (TPSA) is 34.1 Å². The number of nitrogens with zero attached hydrogens (tertiary/aromatic N) is 1. The van der Waals surface area contributed by atoms with Crippen molar-refractivity contribution in [2.45, 2.75) is 38.7 Å². The van der Waals surface area contributed by atoms with Crippen LogP contribution >= 0.6 is 0 Å². The first-order chi connectivity index (χ1) is 7.38. The second-order valence-electron chi connectivity index (χ2n) is 3.92. The molecule has 0 unspecified atom stereocenters. The van der Waals surface area contributed by atoms with Crippen molar-refractivity contribution in [3.05, 3.63) is 18.2 Å². The third kappa shape index (κ3) is 2.85. The lowest BCUT2D eigenvalue weighted by molar-refractivity contribution is 0.202. The molecule has 0 aliphatic heterocycles. The standard InChI is InChI=1S/C12H18N2O/c1-2-13-11-8-5-9-12(14-11)15-10-6-3-4-7-10/h5,8-10H,2-4,6-7H2,1H3,(H,13,14). The van der Waals surface area contributed by atoms with Crippen molar-refractivity contribution in [1.82, 2.24) is 4.98 Å². The summed E-state index contributed by atoms with van der Waals surface area (Å²) in [6.07, 6.45) is 5.31. The van der Waals surface area contributed by atoms with Gasteiger partial charge in [0.1, 0.15) is 11.9 Å². The molecule has 1 aromatic heterocycles. The number of aromatic nitrogens is 1. The molecule has 1 saturated carbocycles. The molecule has 82 valence electrons. The number of pyridine rings is 1. The highest BCUT2D eigenvalue weighted by Crippen LogP contribution is 2.23. The first-order valence-electron chi connectivity index (χ1n) is 5.76. The average molecular weight is 206 g/mol. The molecule has 0 saturated heterocycles. The molecule has 1 aliphatic rings. The zero-order valence-electron chi connectivity index (χ0n) is 9.20. The SMILES string of the molecule is CCNc1cccc(OC2CCCC2)n1. The van der Waals surface area contributed by atoms with Crippen LogP contribution in [0.5, 0.6) is 5.88 Å². The van der Waals surface area contributed by atoms with Crippen molar-refractivity contribution >= 4 is 5.82 Å². The fraction of sp³-hybridized carbons (Fsp3) is 0.583. The van der Waals surface area contributed by atoms with Gasteiger partial charge in [-0.05, 0) is 38.7 Å². The van der Waals surface area contributed by atoms with Crippen LogP contribution in [0.4, 0.5) is 5.82 Å². The summed E-state index contributed by atoms with van der Waals surface area (Å²) in [4.78, 5) is 4.39. The van der Waals surface area contributed by atoms with Gasteiger partial charge in [-0.1, -0.05) is 6.07 Å². The molecule has 1 aliphatic carbocycles. The average Bonchev–Trinajstić information content (AvgIpc) is 2.71. The fourth-order valence-electron chi connectivity index (χ4n) is 1.94. The lowest BCUT2D eigenvalue weighted by atomic mass is 10.3. The van der Waals surface area contributed by atoms with E-state index in [4.69, 9.17) is 4.74 Å². The smallest absolute Gasteiger partial charge is 0.215 e. The molecule has 1 aromatic rings. The van der Waals surface area contributed by atoms with Crippen LogP contribution in [0.25, 0.3) is 0 Å². The summed E-state index contributed by atoms with van der Waals surface area (Å²) in [5, 5.41) is 3.18. The number of hydrogen-bond acceptors (Lipinski definition) is 3. The van der Waals surface area contributed by atoms with Gasteiger partial charge in [0.05, 0.1) is 0 Å². The Bertz CT molecular complexity index is 308. The Hall–Kier alpha value is -1.25. The predicted molar refractivity (Wildman–Crippen MR) is 61.3 cm³/mol. The second-order valence-corrected chi connectivity index (χ2v) is 3.92. The minimum atomic E-state index is 0.384. The van der Waals surface area contributed by atoms with Gasteiger partial charge >= 0.3 is 0 Å². The van der Waals surface area contributed by atoms with Crippen LogP contribution in [0.3, 0.4) is 0 Å². The van der Waals surface area contributed by atoms with Crippen LogP contribution in [0.1, 0.15) is 32.6 Å². The van der Waals surface area contributed by atoms with Crippen LogP contribution in [0.2, 0.25) is 0 Å². The molecule has 0 atom stereocenters. The Morgan fingerprint density at radius 3 is 2.93 bits per heavy atom. The van der Waals surface area contributed by atoms with E-state index in [1.165, 1.54) is 25.7 Å². The molecule has 0 bridgehead atoms. The van der Waals surface area contributed by atoms with Crippen LogP contribution < -0.4 is 10.1 Å². The van der Waals surface area contributed by atoms with Crippen molar-refractivity contribution in [3.63, 3.8) is 0 Å². The quantitative estimate of drug-likeness (QED) is 0.822. The molecular formula is C12H18N2O. The third-order valence-electron chi connectivity index (χ3n) is 2.67. The van der Waals surface area contributed by atoms with Gasteiger partial charge < -0.3 is 10.1 Å². The highest BCUT2D eigenvalue weighted by molar-refractivity contribution is 5.36. The van der Waals surface area contributed by atoms with E-state index in [0.717, 1.165) is 18.2 Å². The Morgan fingerprint density at radius 1 is 1.40 bits per heavy atom. The van der Waals surface area contributed by atoms with Crippen LogP contribution in [-0.2, 0) is 0 Å². The van der Waals surface area contributed by atoms with E-state index < -0.39 is 0 Å². The second kappa shape index (κ2) is 5.01. The van der Waals surface area contributed by atoms with Gasteiger partial charge in [0.25, 0.3) is 0 Å². The molecule has 0 aromatic carbocycles. The molecular weight excluding hydrogens is 188 g/mol. The predicted octanol–water partition coefficient (Wildman–Crippen LogP) is 2.83. The van der Waals surface area contributed by atoms with Crippen molar-refractivity contribution in [2.24, 2.45) is 0 Å². The maximum Gasteiger partial charge on any atom is 0.215 e. The summed E-state index contributed by atoms with van der Waals surface area (Å²) in [6, 6.07) is 5.87. The van der Waals surface area contributed by atoms with E-state index in [2.05, 4.69) is 17.2 Å². The van der Waals surface area contributed by atoms with Crippen molar-refractivity contribution in [2.75, 3.05) is 11.9 Å². The lowest BCUT2D eigenvalue weighted by Crippen LogP contribution is -2.12. The van der Waals surface area contributed by atoms with Gasteiger partial charge in [-0.15, -0.1) is 0 Å². The van der Waals surface area contributed by atoms with E-state index in [1.807, 2.05) is 18.2 Å². The van der Waals surface area contributed by atoms with E-state index in [9.17, 15) is 0 Å². The molecule has 3 nitrogen and oxygen atoms in total. The molecule has 1 N–H and O–H groups in total. The van der Waals surface area contributed by atoms with Crippen LogP contribution in [-0.4, -0.2) is 17.6 Å². The first kappa shape index (κ1) is 10.3. The number of hydrogen-bond donors (Lipinski definition) is 1. The van der Waals surface area contributed by atoms with Gasteiger partial charge in [0.2, 0.25) is 5.88 Å². The zero-order valence-corrected chi connectivity index (χ0v) is 9.20. The minimum Gasteiger partial charge on any atom is -0.474 e. The molecule has 0 radical (unpaired) electrons. The van der Waals surface area contributed by atoms with Gasteiger partial charge in [-0.3, -0.25) is 0 Å². The molecule has 3 heteroatoms. The highest BCUT2D eigenvalue weighted by Gasteiger charge is 2.16. The van der Waals surface area contributed by atoms with Gasteiger partial charge in [0.15, 0.2) is 0 Å². The fourth-order valence-corrected chi connectivity index (χ4v) is 1.94. The molecule has 15 heavy (non-hydrogen) atoms. The Morgan fingerprint density at radius 2 is 2.20 bits per heavy atom. The zero-order chi connectivity index (χ0) is 10.5. The van der Waals surface area contributed by atoms with E-state index in [1.54, 1.807) is 0 Å². The van der Waals surface area contributed by atoms with Crippen molar-refractivity contribution in [1.29, 1.82) is 0 Å². The van der Waals surface area contributed by atoms with Crippen molar-refractivity contribution in [3.8, 4) is 5.88 Å². The number of ether oxygens (including phenoxy) is 1. The van der Waals surface area contributed by atoms with Gasteiger partial charge in [-0.25, -0.2) is 0 Å². The van der Waals surface area contributed by atoms with Crippen LogP contribution in [0, 0.1) is 0 Å². The minimum absolute atomic E-state index is 0.384. The van der Waals surface area contributed by atoms with E-state index >= 15 is 0 Å². The van der Waals surface area contributed by atoms with E-state index in [-0.39, 0.29) is 0 Å². The lowest BCUT2D eigenvalue weighted by Gasteiger charge is -2.12. The van der Waals surface area contributed by atoms with Gasteiger partial charge in [0, 0.05) is 12.6 Å². The maximum absolute atomic E-state index is 5.81. The molecule has 2 rings (SSSR count). The van der Waals surface area contributed by atoms with Gasteiger partial charge in [-0.2, -0.15) is 4.98 Å². The molecule has 0 spiro atoms. The van der Waals surface area contributed by atoms with Crippen LogP contribution in [0.15, 0.2) is 18.2 Å². The first-order valence-corrected chi connectivity index (χ1v) is 5.76. The summed E-state index contributed by atoms with van der Waals surface area (Å²) in [5.74, 6) is 1.65. The summed E-state index contributed by atoms with van der Waals surface area (Å²) in [5.41, 5.74) is 0. The molecule has 1 heterocycles. The maximum atomic E-state index is 5.81. The number of anilines is 1.